The van der Waals surface area contributed by atoms with Gasteiger partial charge in [-0.05, 0) is 90.1 Å². The lowest BCUT2D eigenvalue weighted by Gasteiger charge is -2.47. The standard InChI is InChI=1S/C47H69N3O10/c1-13-36-47(11)40(49-44(55)60-47)29(4)37(51)27(2)25-46(10,56-22-16-17-32-24-33-18-14-15-19-34(33)48-26-32)41(30(5)38(52)31(6)42(54)58-36)59-43-39(53)35(23-28(3)57-43)50(12)21-20-45(7,8)9/h14-19,24,26-31,35-36,39-41,43,53H,13,20-23,25H2,1-12H3,(H,49,55)/b17-16+/t27-,28-,29+,30+,31-,35+,36-,39-,40-,41-,43+,46-,47-/m1/s1. The number of Topliss-reactive ketones (excluding diaryl/α,β-unsaturated/α-hetero) is 2. The predicted octanol–water partition coefficient (Wildman–Crippen LogP) is 6.92. The molecule has 1 amide bonds. The Kier molecular flexibility index (Phi) is 15.1. The number of aliphatic hydroxyl groups is 1. The highest BCUT2D eigenvalue weighted by atomic mass is 16.7. The number of alkyl carbamates (subject to hydrolysis) is 1. The van der Waals surface area contributed by atoms with Crippen molar-refractivity contribution in [2.45, 2.75) is 156 Å². The lowest BCUT2D eigenvalue weighted by atomic mass is 9.73. The molecule has 332 valence electrons. The van der Waals surface area contributed by atoms with E-state index < -0.39 is 83.4 Å². The maximum atomic E-state index is 14.6. The van der Waals surface area contributed by atoms with Gasteiger partial charge in [-0.15, -0.1) is 0 Å². The molecule has 13 heteroatoms. The molecule has 3 aliphatic heterocycles. The van der Waals surface area contributed by atoms with E-state index in [2.05, 4.69) is 36.0 Å². The van der Waals surface area contributed by atoms with E-state index in [9.17, 15) is 24.3 Å². The van der Waals surface area contributed by atoms with Crippen LogP contribution in [0.1, 0.15) is 107 Å². The van der Waals surface area contributed by atoms with E-state index in [0.717, 1.165) is 29.4 Å². The van der Waals surface area contributed by atoms with Crippen LogP contribution in [-0.2, 0) is 38.1 Å². The molecule has 60 heavy (non-hydrogen) atoms. The quantitative estimate of drug-likeness (QED) is 0.188. The zero-order chi connectivity index (χ0) is 44.3. The Balaban J connectivity index is 1.55. The number of cyclic esters (lactones) is 1. The van der Waals surface area contributed by atoms with Crippen molar-refractivity contribution in [1.29, 1.82) is 0 Å². The van der Waals surface area contributed by atoms with Gasteiger partial charge in [0.25, 0.3) is 0 Å². The minimum Gasteiger partial charge on any atom is -0.458 e. The number of fused-ring (bicyclic) bond motifs is 2. The number of esters is 1. The molecule has 0 bridgehead atoms. The van der Waals surface area contributed by atoms with Crippen LogP contribution >= 0.6 is 0 Å². The molecule has 13 nitrogen and oxygen atoms in total. The number of carbonyl (C=O) groups is 4. The van der Waals surface area contributed by atoms with Gasteiger partial charge in [-0.3, -0.25) is 19.4 Å². The molecular weight excluding hydrogens is 767 g/mol. The summed E-state index contributed by atoms with van der Waals surface area (Å²) < 4.78 is 31.8. The number of amides is 1. The summed E-state index contributed by atoms with van der Waals surface area (Å²) in [6.45, 7) is 21.2. The summed E-state index contributed by atoms with van der Waals surface area (Å²) in [5.41, 5.74) is -0.934. The number of para-hydroxylation sites is 1. The van der Waals surface area contributed by atoms with Gasteiger partial charge in [0.05, 0.1) is 36.0 Å². The van der Waals surface area contributed by atoms with Crippen molar-refractivity contribution in [3.63, 3.8) is 0 Å². The summed E-state index contributed by atoms with van der Waals surface area (Å²) in [6.07, 6.45) is 2.00. The number of nitrogens with one attached hydrogen (secondary N) is 1. The lowest BCUT2D eigenvalue weighted by Crippen LogP contribution is -2.60. The number of likely N-dealkylation sites (N-methyl/N-ethyl adjacent to an activating group) is 1. The Morgan fingerprint density at radius 1 is 1.03 bits per heavy atom. The molecule has 1 aromatic carbocycles. The molecule has 5 rings (SSSR count). The smallest absolute Gasteiger partial charge is 0.408 e. The van der Waals surface area contributed by atoms with Gasteiger partial charge in [-0.2, -0.15) is 0 Å². The Bertz CT molecular complexity index is 1880. The molecule has 3 aliphatic rings. The van der Waals surface area contributed by atoms with Gasteiger partial charge < -0.3 is 39.0 Å². The first-order valence-corrected chi connectivity index (χ1v) is 21.7. The molecule has 3 fully saturated rings. The van der Waals surface area contributed by atoms with Crippen LogP contribution in [0, 0.1) is 29.1 Å². The van der Waals surface area contributed by atoms with Crippen molar-refractivity contribution < 1.29 is 48.0 Å². The van der Waals surface area contributed by atoms with E-state index in [1.807, 2.05) is 56.5 Å². The topological polar surface area (TPSA) is 163 Å². The number of aliphatic hydroxyl groups excluding tert-OH is 1. The molecule has 1 aromatic heterocycles. The summed E-state index contributed by atoms with van der Waals surface area (Å²) in [4.78, 5) is 62.6. The number of carbonyl (C=O) groups excluding carboxylic acids is 4. The molecule has 0 spiro atoms. The van der Waals surface area contributed by atoms with Gasteiger partial charge >= 0.3 is 12.1 Å². The molecule has 2 N–H and O–H groups in total. The Morgan fingerprint density at radius 3 is 2.42 bits per heavy atom. The minimum atomic E-state index is -1.38. The number of aromatic nitrogens is 1. The fraction of sp³-hybridized carbons (Fsp3) is 0.681. The SMILES string of the molecule is CC[C@H]1OC(=O)[C@H](C)C(=O)[C@H](C)[C@@H](O[C@@H]2O[C@H](C)C[C@H](N(C)CCC(C)(C)C)[C@H]2O)[C@](C)(OC/C=C/c2cnc3ccccc3c2)C[C@@H](C)C(=O)[C@H](C)[C@H]2NC(=O)O[C@@]21C. The highest BCUT2D eigenvalue weighted by Gasteiger charge is 2.57. The number of rotatable bonds is 10. The zero-order valence-corrected chi connectivity index (χ0v) is 37.7. The van der Waals surface area contributed by atoms with Crippen LogP contribution < -0.4 is 5.32 Å². The third kappa shape index (κ3) is 10.6. The van der Waals surface area contributed by atoms with Gasteiger partial charge in [0.2, 0.25) is 0 Å². The number of hydrogen-bond donors (Lipinski definition) is 2. The third-order valence-electron chi connectivity index (χ3n) is 13.0. The van der Waals surface area contributed by atoms with Gasteiger partial charge in [0, 0.05) is 35.4 Å². The van der Waals surface area contributed by atoms with Crippen LogP contribution in [0.2, 0.25) is 0 Å². The van der Waals surface area contributed by atoms with Crippen molar-refractivity contribution in [2.75, 3.05) is 20.2 Å². The van der Waals surface area contributed by atoms with E-state index in [0.29, 0.717) is 6.42 Å². The molecule has 0 unspecified atom stereocenters. The number of ether oxygens (including phenoxy) is 5. The largest absolute Gasteiger partial charge is 0.458 e. The molecule has 13 atom stereocenters. The highest BCUT2D eigenvalue weighted by Crippen LogP contribution is 2.40. The predicted molar refractivity (Wildman–Crippen MR) is 229 cm³/mol. The maximum absolute atomic E-state index is 14.6. The zero-order valence-electron chi connectivity index (χ0n) is 37.7. The van der Waals surface area contributed by atoms with Crippen molar-refractivity contribution in [2.24, 2.45) is 29.1 Å². The van der Waals surface area contributed by atoms with Crippen LogP contribution in [0.25, 0.3) is 17.0 Å². The highest BCUT2D eigenvalue weighted by molar-refractivity contribution is 6.00. The Labute approximate surface area is 356 Å². The maximum Gasteiger partial charge on any atom is 0.408 e. The van der Waals surface area contributed by atoms with Crippen LogP contribution in [0.15, 0.2) is 42.6 Å². The molecule has 0 saturated carbocycles. The summed E-state index contributed by atoms with van der Waals surface area (Å²) in [7, 11) is 1.99. The second-order valence-electron chi connectivity index (χ2n) is 19.2. The van der Waals surface area contributed by atoms with E-state index in [1.165, 1.54) is 6.92 Å². The monoisotopic (exact) mass is 835 g/mol. The summed E-state index contributed by atoms with van der Waals surface area (Å²) in [5.74, 6) is -5.14. The van der Waals surface area contributed by atoms with Crippen molar-refractivity contribution in [1.82, 2.24) is 15.2 Å². The molecule has 4 heterocycles. The third-order valence-corrected chi connectivity index (χ3v) is 13.0. The summed E-state index contributed by atoms with van der Waals surface area (Å²) >= 11 is 0. The lowest BCUT2D eigenvalue weighted by molar-refractivity contribution is -0.297. The molecular formula is C47H69N3O10. The fourth-order valence-electron chi connectivity index (χ4n) is 9.33. The van der Waals surface area contributed by atoms with Crippen LogP contribution in [0.5, 0.6) is 0 Å². The van der Waals surface area contributed by atoms with E-state index in [4.69, 9.17) is 23.7 Å². The number of benzene rings is 1. The Morgan fingerprint density at radius 2 is 1.73 bits per heavy atom. The average Bonchev–Trinajstić information content (AvgIpc) is 3.52. The van der Waals surface area contributed by atoms with Crippen molar-refractivity contribution in [3.8, 4) is 0 Å². The van der Waals surface area contributed by atoms with Gasteiger partial charge in [0.15, 0.2) is 17.7 Å². The minimum absolute atomic E-state index is 0.0591. The second kappa shape index (κ2) is 19.1. The molecule has 0 radical (unpaired) electrons. The van der Waals surface area contributed by atoms with Gasteiger partial charge in [-0.1, -0.05) is 78.8 Å². The molecule has 3 saturated heterocycles. The molecule has 2 aromatic rings. The van der Waals surface area contributed by atoms with Crippen LogP contribution in [0.3, 0.4) is 0 Å². The van der Waals surface area contributed by atoms with Gasteiger partial charge in [0.1, 0.15) is 23.9 Å². The Hall–Kier alpha value is -3.75. The van der Waals surface area contributed by atoms with Crippen molar-refractivity contribution >= 4 is 40.6 Å². The van der Waals surface area contributed by atoms with E-state index in [1.54, 1.807) is 47.7 Å². The molecule has 0 aliphatic carbocycles. The second-order valence-corrected chi connectivity index (χ2v) is 19.2. The number of pyridine rings is 1. The van der Waals surface area contributed by atoms with Crippen molar-refractivity contribution in [3.05, 3.63) is 48.2 Å². The first-order valence-electron chi connectivity index (χ1n) is 21.7. The van der Waals surface area contributed by atoms with E-state index in [-0.39, 0.29) is 42.8 Å². The summed E-state index contributed by atoms with van der Waals surface area (Å²) in [6, 6.07) is 8.72. The summed E-state index contributed by atoms with van der Waals surface area (Å²) in [5, 5.41) is 15.8. The van der Waals surface area contributed by atoms with E-state index >= 15 is 0 Å². The average molecular weight is 836 g/mol. The number of hydrogen-bond acceptors (Lipinski definition) is 12. The van der Waals surface area contributed by atoms with Crippen LogP contribution in [-0.4, -0.2) is 113 Å². The first kappa shape index (κ1) is 47.3. The fourth-order valence-corrected chi connectivity index (χ4v) is 9.33. The first-order chi connectivity index (χ1) is 28.1. The normalized spacial score (nSPS) is 36.2. The number of ketones is 2. The number of nitrogens with zero attached hydrogens (tertiary/aromatic N) is 2. The van der Waals surface area contributed by atoms with Gasteiger partial charge in [-0.25, -0.2) is 4.79 Å². The van der Waals surface area contributed by atoms with Crippen LogP contribution in [0.4, 0.5) is 4.79 Å².